The zero-order valence-corrected chi connectivity index (χ0v) is 14.8. The number of pyridine rings is 1. The summed E-state index contributed by atoms with van der Waals surface area (Å²) in [5.74, 6) is -0.484. The van der Waals surface area contributed by atoms with E-state index in [1.54, 1.807) is 37.6 Å². The van der Waals surface area contributed by atoms with Crippen LogP contribution in [0.25, 0.3) is 11.3 Å². The number of nitrogens with zero attached hydrogens (tertiary/aromatic N) is 1. The zero-order valence-electron chi connectivity index (χ0n) is 14.0. The molecular formula is C20H16ClFN2O2. The lowest BCUT2D eigenvalue weighted by atomic mass is 10.1. The maximum absolute atomic E-state index is 14.4. The fraction of sp³-hybridized carbons (Fsp3) is 0.100. The van der Waals surface area contributed by atoms with E-state index in [0.29, 0.717) is 22.0 Å². The van der Waals surface area contributed by atoms with Crippen LogP contribution in [0.2, 0.25) is 5.02 Å². The first kappa shape index (κ1) is 17.9. The summed E-state index contributed by atoms with van der Waals surface area (Å²) in [5, 5.41) is 3.12. The molecule has 1 N–H and O–H groups in total. The van der Waals surface area contributed by atoms with E-state index in [0.717, 1.165) is 5.56 Å². The van der Waals surface area contributed by atoms with Gasteiger partial charge in [-0.1, -0.05) is 35.9 Å². The van der Waals surface area contributed by atoms with Crippen LogP contribution < -0.4 is 10.1 Å². The number of aromatic nitrogens is 1. The van der Waals surface area contributed by atoms with E-state index in [2.05, 4.69) is 10.3 Å². The van der Waals surface area contributed by atoms with Crippen molar-refractivity contribution >= 4 is 17.5 Å². The van der Waals surface area contributed by atoms with E-state index >= 15 is 0 Å². The molecular weight excluding hydrogens is 355 g/mol. The Balaban J connectivity index is 1.77. The number of methoxy groups -OCH3 is 1. The van der Waals surface area contributed by atoms with E-state index in [1.807, 2.05) is 18.2 Å². The predicted octanol–water partition coefficient (Wildman–Crippen LogP) is 4.48. The second kappa shape index (κ2) is 7.97. The summed E-state index contributed by atoms with van der Waals surface area (Å²) < 4.78 is 19.7. The maximum atomic E-state index is 14.4. The molecule has 26 heavy (non-hydrogen) atoms. The molecule has 0 spiro atoms. The molecule has 0 bridgehead atoms. The average molecular weight is 371 g/mol. The molecule has 0 unspecified atom stereocenters. The van der Waals surface area contributed by atoms with Crippen molar-refractivity contribution in [3.8, 4) is 17.0 Å². The van der Waals surface area contributed by atoms with E-state index < -0.39 is 11.7 Å². The van der Waals surface area contributed by atoms with Gasteiger partial charge in [-0.2, -0.15) is 0 Å². The molecule has 2 aromatic carbocycles. The zero-order chi connectivity index (χ0) is 18.5. The van der Waals surface area contributed by atoms with Gasteiger partial charge in [0.2, 0.25) is 0 Å². The first-order valence-electron chi connectivity index (χ1n) is 7.90. The minimum Gasteiger partial charge on any atom is -0.496 e. The molecule has 0 saturated carbocycles. The monoisotopic (exact) mass is 370 g/mol. The second-order valence-corrected chi connectivity index (χ2v) is 5.93. The van der Waals surface area contributed by atoms with Gasteiger partial charge < -0.3 is 10.1 Å². The van der Waals surface area contributed by atoms with Crippen molar-refractivity contribution < 1.29 is 13.9 Å². The normalized spacial score (nSPS) is 10.4. The number of carbonyl (C=O) groups excluding carboxylic acids is 1. The van der Waals surface area contributed by atoms with Gasteiger partial charge in [-0.3, -0.25) is 9.78 Å². The van der Waals surface area contributed by atoms with Crippen molar-refractivity contribution in [2.45, 2.75) is 6.54 Å². The van der Waals surface area contributed by atoms with Gasteiger partial charge in [0.25, 0.3) is 5.91 Å². The van der Waals surface area contributed by atoms with Crippen molar-refractivity contribution in [2.24, 2.45) is 0 Å². The minimum atomic E-state index is -0.637. The molecule has 6 heteroatoms. The van der Waals surface area contributed by atoms with E-state index in [1.165, 1.54) is 12.1 Å². The quantitative estimate of drug-likeness (QED) is 0.720. The number of carbonyl (C=O) groups is 1. The van der Waals surface area contributed by atoms with Gasteiger partial charge in [0.1, 0.15) is 11.6 Å². The lowest BCUT2D eigenvalue weighted by molar-refractivity contribution is 0.0946. The van der Waals surface area contributed by atoms with Crippen LogP contribution >= 0.6 is 11.6 Å². The van der Waals surface area contributed by atoms with E-state index in [9.17, 15) is 9.18 Å². The highest BCUT2D eigenvalue weighted by Crippen LogP contribution is 2.26. The molecule has 132 valence electrons. The van der Waals surface area contributed by atoms with Crippen LogP contribution in [0, 0.1) is 5.82 Å². The Hall–Kier alpha value is -2.92. The van der Waals surface area contributed by atoms with Gasteiger partial charge in [-0.05, 0) is 30.3 Å². The molecule has 4 nitrogen and oxygen atoms in total. The Bertz CT molecular complexity index is 947. The van der Waals surface area contributed by atoms with Gasteiger partial charge >= 0.3 is 0 Å². The number of halogens is 2. The third kappa shape index (κ3) is 3.83. The fourth-order valence-electron chi connectivity index (χ4n) is 2.56. The molecule has 0 fully saturated rings. The number of hydrogen-bond donors (Lipinski definition) is 1. The molecule has 1 aromatic heterocycles. The van der Waals surface area contributed by atoms with E-state index in [4.69, 9.17) is 16.3 Å². The molecule has 0 aliphatic rings. The second-order valence-electron chi connectivity index (χ2n) is 5.52. The molecule has 0 atom stereocenters. The summed E-state index contributed by atoms with van der Waals surface area (Å²) in [6, 6.07) is 15.0. The van der Waals surface area contributed by atoms with Crippen LogP contribution in [-0.4, -0.2) is 18.0 Å². The fourth-order valence-corrected chi connectivity index (χ4v) is 2.80. The third-order valence-electron chi connectivity index (χ3n) is 3.88. The summed E-state index contributed by atoms with van der Waals surface area (Å²) in [4.78, 5) is 16.5. The van der Waals surface area contributed by atoms with Crippen molar-refractivity contribution in [2.75, 3.05) is 7.11 Å². The van der Waals surface area contributed by atoms with Gasteiger partial charge in [0.15, 0.2) is 0 Å². The Morgan fingerprint density at radius 1 is 1.19 bits per heavy atom. The molecule has 0 aliphatic heterocycles. The van der Waals surface area contributed by atoms with Gasteiger partial charge in [-0.25, -0.2) is 4.39 Å². The number of benzene rings is 2. The standard InChI is InChI=1S/C20H16ClFN2O2/c1-26-18-7-3-2-5-14(18)12-24-20(25)15-9-8-13(11-17(15)22)19-16(21)6-4-10-23-19/h2-11H,12H2,1H3,(H,24,25). The number of hydrogen-bond acceptors (Lipinski definition) is 3. The predicted molar refractivity (Wildman–Crippen MR) is 98.8 cm³/mol. The molecule has 3 rings (SSSR count). The number of para-hydroxylation sites is 1. The summed E-state index contributed by atoms with van der Waals surface area (Å²) in [6.45, 7) is 0.232. The van der Waals surface area contributed by atoms with Gasteiger partial charge in [0, 0.05) is 23.9 Å². The van der Waals surface area contributed by atoms with Crippen LogP contribution in [0.3, 0.4) is 0 Å². The van der Waals surface area contributed by atoms with Crippen LogP contribution in [0.15, 0.2) is 60.8 Å². The molecule has 3 aromatic rings. The first-order chi connectivity index (χ1) is 12.6. The molecule has 1 amide bonds. The summed E-state index contributed by atoms with van der Waals surface area (Å²) in [5.41, 5.74) is 1.74. The first-order valence-corrected chi connectivity index (χ1v) is 8.28. The molecule has 0 aliphatic carbocycles. The summed E-state index contributed by atoms with van der Waals surface area (Å²) in [6.07, 6.45) is 1.58. The van der Waals surface area contributed by atoms with E-state index in [-0.39, 0.29) is 12.1 Å². The highest BCUT2D eigenvalue weighted by Gasteiger charge is 2.14. The third-order valence-corrected chi connectivity index (χ3v) is 4.18. The van der Waals surface area contributed by atoms with Crippen LogP contribution in [0.1, 0.15) is 15.9 Å². The number of rotatable bonds is 5. The summed E-state index contributed by atoms with van der Waals surface area (Å²) in [7, 11) is 1.56. The Kier molecular flexibility index (Phi) is 5.49. The lowest BCUT2D eigenvalue weighted by Crippen LogP contribution is -2.24. The average Bonchev–Trinajstić information content (AvgIpc) is 2.66. The van der Waals surface area contributed by atoms with Crippen LogP contribution in [-0.2, 0) is 6.54 Å². The lowest BCUT2D eigenvalue weighted by Gasteiger charge is -2.10. The Morgan fingerprint density at radius 3 is 2.73 bits per heavy atom. The topological polar surface area (TPSA) is 51.2 Å². The molecule has 0 radical (unpaired) electrons. The van der Waals surface area contributed by atoms with Crippen LogP contribution in [0.4, 0.5) is 4.39 Å². The largest absolute Gasteiger partial charge is 0.496 e. The highest BCUT2D eigenvalue weighted by atomic mass is 35.5. The van der Waals surface area contributed by atoms with Crippen molar-refractivity contribution in [3.05, 3.63) is 82.8 Å². The number of amides is 1. The van der Waals surface area contributed by atoms with Crippen molar-refractivity contribution in [1.29, 1.82) is 0 Å². The van der Waals surface area contributed by atoms with Gasteiger partial charge in [0.05, 0.1) is 23.4 Å². The number of nitrogens with one attached hydrogen (secondary N) is 1. The molecule has 1 heterocycles. The van der Waals surface area contributed by atoms with Crippen LogP contribution in [0.5, 0.6) is 5.75 Å². The van der Waals surface area contributed by atoms with Crippen molar-refractivity contribution in [3.63, 3.8) is 0 Å². The highest BCUT2D eigenvalue weighted by molar-refractivity contribution is 6.33. The van der Waals surface area contributed by atoms with Gasteiger partial charge in [-0.15, -0.1) is 0 Å². The maximum Gasteiger partial charge on any atom is 0.254 e. The Morgan fingerprint density at radius 2 is 2.00 bits per heavy atom. The Labute approximate surface area is 155 Å². The smallest absolute Gasteiger partial charge is 0.254 e. The SMILES string of the molecule is COc1ccccc1CNC(=O)c1ccc(-c2ncccc2Cl)cc1F. The number of ether oxygens (including phenoxy) is 1. The minimum absolute atomic E-state index is 0.0456. The summed E-state index contributed by atoms with van der Waals surface area (Å²) >= 11 is 6.08. The van der Waals surface area contributed by atoms with Crippen molar-refractivity contribution in [1.82, 2.24) is 10.3 Å². The molecule has 0 saturated heterocycles.